The van der Waals surface area contributed by atoms with Gasteiger partial charge in [0.2, 0.25) is 0 Å². The molecule has 0 unspecified atom stereocenters. The molecule has 0 atom stereocenters. The molecule has 0 fully saturated rings. The summed E-state index contributed by atoms with van der Waals surface area (Å²) in [6.45, 7) is 2.43. The summed E-state index contributed by atoms with van der Waals surface area (Å²) in [6, 6.07) is 13.2. The lowest BCUT2D eigenvalue weighted by Crippen LogP contribution is -2.26. The first-order valence-electron chi connectivity index (χ1n) is 7.08. The van der Waals surface area contributed by atoms with Crippen LogP contribution in [0.25, 0.3) is 0 Å². The van der Waals surface area contributed by atoms with Crippen molar-refractivity contribution in [1.82, 2.24) is 4.90 Å². The first-order chi connectivity index (χ1) is 10.6. The minimum absolute atomic E-state index is 0.0198. The van der Waals surface area contributed by atoms with Crippen molar-refractivity contribution in [3.8, 4) is 11.5 Å². The highest BCUT2D eigenvalue weighted by Crippen LogP contribution is 2.31. The number of para-hydroxylation sites is 1. The Morgan fingerprint density at radius 3 is 2.45 bits per heavy atom. The third-order valence-electron chi connectivity index (χ3n) is 3.50. The van der Waals surface area contributed by atoms with E-state index in [-0.39, 0.29) is 5.91 Å². The van der Waals surface area contributed by atoms with Gasteiger partial charge in [-0.15, -0.1) is 0 Å². The number of carbonyl (C=O) groups excluding carboxylic acids is 1. The Balaban J connectivity index is 2.22. The molecule has 0 spiro atoms. The number of methoxy groups -OCH3 is 2. The lowest BCUT2D eigenvalue weighted by molar-refractivity contribution is 0.0784. The number of benzene rings is 2. The van der Waals surface area contributed by atoms with Crippen molar-refractivity contribution in [3.05, 3.63) is 59.2 Å². The molecule has 0 aromatic heterocycles. The predicted octanol–water partition coefficient (Wildman–Crippen LogP) is 3.28. The van der Waals surface area contributed by atoms with Gasteiger partial charge in [0.05, 0.1) is 14.2 Å². The average molecular weight is 299 g/mol. The number of rotatable bonds is 5. The maximum absolute atomic E-state index is 12.5. The molecule has 0 radical (unpaired) electrons. The van der Waals surface area contributed by atoms with Crippen LogP contribution in [0.4, 0.5) is 0 Å². The van der Waals surface area contributed by atoms with E-state index in [0.29, 0.717) is 23.6 Å². The van der Waals surface area contributed by atoms with Crippen LogP contribution in [0.3, 0.4) is 0 Å². The quantitative estimate of drug-likeness (QED) is 0.850. The number of amides is 1. The SMILES string of the molecule is COc1cccc(CN(C)C(=O)c2cccc(C)c2)c1OC. The first-order valence-corrected chi connectivity index (χ1v) is 7.08. The van der Waals surface area contributed by atoms with Gasteiger partial charge < -0.3 is 14.4 Å². The topological polar surface area (TPSA) is 38.8 Å². The van der Waals surface area contributed by atoms with Crippen molar-refractivity contribution in [2.75, 3.05) is 21.3 Å². The van der Waals surface area contributed by atoms with E-state index in [2.05, 4.69) is 0 Å². The number of aryl methyl sites for hydroxylation is 1. The second-order valence-corrected chi connectivity index (χ2v) is 5.18. The molecule has 116 valence electrons. The van der Waals surface area contributed by atoms with E-state index in [1.165, 1.54) is 0 Å². The molecule has 0 aliphatic carbocycles. The van der Waals surface area contributed by atoms with Crippen LogP contribution < -0.4 is 9.47 Å². The minimum Gasteiger partial charge on any atom is -0.493 e. The van der Waals surface area contributed by atoms with Gasteiger partial charge in [0.15, 0.2) is 11.5 Å². The Hall–Kier alpha value is -2.49. The van der Waals surface area contributed by atoms with Crippen molar-refractivity contribution in [2.45, 2.75) is 13.5 Å². The fraction of sp³-hybridized carbons (Fsp3) is 0.278. The van der Waals surface area contributed by atoms with Crippen molar-refractivity contribution < 1.29 is 14.3 Å². The van der Waals surface area contributed by atoms with E-state index >= 15 is 0 Å². The predicted molar refractivity (Wildman–Crippen MR) is 86.5 cm³/mol. The van der Waals surface area contributed by atoms with Crippen molar-refractivity contribution in [2.24, 2.45) is 0 Å². The second kappa shape index (κ2) is 6.98. The summed E-state index contributed by atoms with van der Waals surface area (Å²) in [7, 11) is 4.98. The van der Waals surface area contributed by atoms with Crippen LogP contribution in [-0.4, -0.2) is 32.1 Å². The first kappa shape index (κ1) is 15.9. The van der Waals surface area contributed by atoms with Crippen LogP contribution in [0.2, 0.25) is 0 Å². The van der Waals surface area contributed by atoms with Crippen LogP contribution in [-0.2, 0) is 6.54 Å². The molecule has 2 aromatic rings. The zero-order valence-corrected chi connectivity index (χ0v) is 13.4. The van der Waals surface area contributed by atoms with Gasteiger partial charge >= 0.3 is 0 Å². The largest absolute Gasteiger partial charge is 0.493 e. The van der Waals surface area contributed by atoms with Gasteiger partial charge in [0.25, 0.3) is 5.91 Å². The molecule has 4 nitrogen and oxygen atoms in total. The summed E-state index contributed by atoms with van der Waals surface area (Å²) in [5, 5.41) is 0. The number of hydrogen-bond donors (Lipinski definition) is 0. The number of carbonyl (C=O) groups is 1. The number of ether oxygens (including phenoxy) is 2. The third kappa shape index (κ3) is 3.39. The molecular weight excluding hydrogens is 278 g/mol. The Bertz CT molecular complexity index is 667. The van der Waals surface area contributed by atoms with Gasteiger partial charge in [0.1, 0.15) is 0 Å². The summed E-state index contributed by atoms with van der Waals surface area (Å²) in [5.74, 6) is 1.30. The minimum atomic E-state index is -0.0198. The molecule has 0 heterocycles. The van der Waals surface area contributed by atoms with Crippen molar-refractivity contribution in [1.29, 1.82) is 0 Å². The second-order valence-electron chi connectivity index (χ2n) is 5.18. The van der Waals surface area contributed by atoms with E-state index < -0.39 is 0 Å². The maximum atomic E-state index is 12.5. The molecule has 0 aliphatic heterocycles. The summed E-state index contributed by atoms with van der Waals surface area (Å²) in [4.78, 5) is 14.2. The fourth-order valence-electron chi connectivity index (χ4n) is 2.40. The Labute approximate surface area is 131 Å². The van der Waals surface area contributed by atoms with Gasteiger partial charge in [0, 0.05) is 24.7 Å². The van der Waals surface area contributed by atoms with Gasteiger partial charge in [-0.05, 0) is 25.1 Å². The van der Waals surface area contributed by atoms with E-state index in [0.717, 1.165) is 11.1 Å². The lowest BCUT2D eigenvalue weighted by Gasteiger charge is -2.20. The summed E-state index contributed by atoms with van der Waals surface area (Å²) < 4.78 is 10.7. The van der Waals surface area contributed by atoms with Crippen LogP contribution >= 0.6 is 0 Å². The van der Waals surface area contributed by atoms with Gasteiger partial charge in [-0.1, -0.05) is 29.8 Å². The summed E-state index contributed by atoms with van der Waals surface area (Å²) in [6.07, 6.45) is 0. The van der Waals surface area contributed by atoms with Crippen LogP contribution in [0, 0.1) is 6.92 Å². The Morgan fingerprint density at radius 1 is 1.09 bits per heavy atom. The van der Waals surface area contributed by atoms with Crippen molar-refractivity contribution >= 4 is 5.91 Å². The molecule has 4 heteroatoms. The highest BCUT2D eigenvalue weighted by atomic mass is 16.5. The van der Waals surface area contributed by atoms with E-state index in [1.54, 1.807) is 26.2 Å². The number of nitrogens with zero attached hydrogens (tertiary/aromatic N) is 1. The smallest absolute Gasteiger partial charge is 0.253 e. The molecule has 0 saturated carbocycles. The number of hydrogen-bond acceptors (Lipinski definition) is 3. The third-order valence-corrected chi connectivity index (χ3v) is 3.50. The average Bonchev–Trinajstić information content (AvgIpc) is 2.53. The Kier molecular flexibility index (Phi) is 5.04. The Morgan fingerprint density at radius 2 is 1.82 bits per heavy atom. The van der Waals surface area contributed by atoms with Crippen LogP contribution in [0.15, 0.2) is 42.5 Å². The van der Waals surface area contributed by atoms with E-state index in [9.17, 15) is 4.79 Å². The van der Waals surface area contributed by atoms with Crippen molar-refractivity contribution in [3.63, 3.8) is 0 Å². The summed E-state index contributed by atoms with van der Waals surface area (Å²) in [5.41, 5.74) is 2.66. The fourth-order valence-corrected chi connectivity index (χ4v) is 2.40. The molecule has 1 amide bonds. The zero-order valence-electron chi connectivity index (χ0n) is 13.4. The molecule has 22 heavy (non-hydrogen) atoms. The highest BCUT2D eigenvalue weighted by molar-refractivity contribution is 5.94. The van der Waals surface area contributed by atoms with Crippen LogP contribution in [0.1, 0.15) is 21.5 Å². The normalized spacial score (nSPS) is 10.2. The zero-order chi connectivity index (χ0) is 16.1. The molecule has 0 bridgehead atoms. The molecular formula is C18H21NO3. The van der Waals surface area contributed by atoms with Crippen LogP contribution in [0.5, 0.6) is 11.5 Å². The molecule has 2 rings (SSSR count). The van der Waals surface area contributed by atoms with E-state index in [1.807, 2.05) is 49.4 Å². The molecule has 0 saturated heterocycles. The van der Waals surface area contributed by atoms with E-state index in [4.69, 9.17) is 9.47 Å². The van der Waals surface area contributed by atoms with Gasteiger partial charge in [-0.2, -0.15) is 0 Å². The highest BCUT2D eigenvalue weighted by Gasteiger charge is 2.16. The summed E-state index contributed by atoms with van der Waals surface area (Å²) >= 11 is 0. The van der Waals surface area contributed by atoms with Gasteiger partial charge in [-0.3, -0.25) is 4.79 Å². The lowest BCUT2D eigenvalue weighted by atomic mass is 10.1. The molecule has 0 N–H and O–H groups in total. The monoisotopic (exact) mass is 299 g/mol. The van der Waals surface area contributed by atoms with Gasteiger partial charge in [-0.25, -0.2) is 0 Å². The molecule has 2 aromatic carbocycles. The standard InChI is InChI=1S/C18H21NO3/c1-13-7-5-8-14(11-13)18(20)19(2)12-15-9-6-10-16(21-3)17(15)22-4/h5-11H,12H2,1-4H3. The maximum Gasteiger partial charge on any atom is 0.253 e. The molecule has 0 aliphatic rings.